The average molecular weight is 272 g/mol. The minimum atomic E-state index is -0.587. The van der Waals surface area contributed by atoms with Crippen LogP contribution in [0, 0.1) is 5.92 Å². The van der Waals surface area contributed by atoms with E-state index in [9.17, 15) is 5.11 Å². The lowest BCUT2D eigenvalue weighted by atomic mass is 9.83. The highest BCUT2D eigenvalue weighted by Gasteiger charge is 2.44. The minimum absolute atomic E-state index is 0.258. The number of methoxy groups -OCH3 is 1. The van der Waals surface area contributed by atoms with Gasteiger partial charge in [-0.05, 0) is 35.6 Å². The van der Waals surface area contributed by atoms with Crippen molar-refractivity contribution in [2.75, 3.05) is 25.1 Å². The van der Waals surface area contributed by atoms with Crippen LogP contribution in [0.4, 0.5) is 5.82 Å². The van der Waals surface area contributed by atoms with Crippen LogP contribution in [-0.2, 0) is 0 Å². The molecule has 1 aliphatic heterocycles. The van der Waals surface area contributed by atoms with Crippen molar-refractivity contribution in [1.29, 1.82) is 0 Å². The van der Waals surface area contributed by atoms with Crippen molar-refractivity contribution < 1.29 is 9.84 Å². The standard InChI is InChI=1S/C16H20N2O2/c1-11(2)16(19)9-18(10-16)15-14-5-4-13(20-3)8-12(14)6-7-17-15/h4-8,11,19H,9-10H2,1-3H3. The SMILES string of the molecule is COc1ccc2c(N3CC(O)(C(C)C)C3)nccc2c1. The molecule has 4 nitrogen and oxygen atoms in total. The Morgan fingerprint density at radius 3 is 2.70 bits per heavy atom. The summed E-state index contributed by atoms with van der Waals surface area (Å²) in [5, 5.41) is 12.6. The van der Waals surface area contributed by atoms with E-state index in [0.29, 0.717) is 13.1 Å². The van der Waals surface area contributed by atoms with Gasteiger partial charge >= 0.3 is 0 Å². The van der Waals surface area contributed by atoms with E-state index in [1.165, 1.54) is 0 Å². The van der Waals surface area contributed by atoms with Crippen molar-refractivity contribution in [3.63, 3.8) is 0 Å². The van der Waals surface area contributed by atoms with Crippen LogP contribution in [0.5, 0.6) is 5.75 Å². The third-order valence-corrected chi connectivity index (χ3v) is 4.25. The van der Waals surface area contributed by atoms with E-state index in [0.717, 1.165) is 22.3 Å². The van der Waals surface area contributed by atoms with Gasteiger partial charge in [-0.25, -0.2) is 4.98 Å². The Kier molecular flexibility index (Phi) is 3.05. The monoisotopic (exact) mass is 272 g/mol. The molecule has 0 saturated carbocycles. The van der Waals surface area contributed by atoms with Crippen LogP contribution < -0.4 is 9.64 Å². The second-order valence-corrected chi connectivity index (χ2v) is 5.84. The molecule has 106 valence electrons. The Balaban J connectivity index is 1.94. The van der Waals surface area contributed by atoms with Gasteiger partial charge in [-0.15, -0.1) is 0 Å². The van der Waals surface area contributed by atoms with Gasteiger partial charge in [0.1, 0.15) is 17.2 Å². The van der Waals surface area contributed by atoms with Gasteiger partial charge in [0.05, 0.1) is 20.2 Å². The Morgan fingerprint density at radius 2 is 2.05 bits per heavy atom. The summed E-state index contributed by atoms with van der Waals surface area (Å²) in [5.41, 5.74) is -0.587. The fourth-order valence-corrected chi connectivity index (χ4v) is 2.65. The van der Waals surface area contributed by atoms with Gasteiger partial charge in [0.15, 0.2) is 0 Å². The zero-order chi connectivity index (χ0) is 14.3. The lowest BCUT2D eigenvalue weighted by molar-refractivity contribution is -0.0302. The zero-order valence-corrected chi connectivity index (χ0v) is 12.1. The van der Waals surface area contributed by atoms with Gasteiger partial charge < -0.3 is 14.7 Å². The molecule has 0 atom stereocenters. The van der Waals surface area contributed by atoms with Crippen LogP contribution >= 0.6 is 0 Å². The predicted octanol–water partition coefficient (Wildman–Crippen LogP) is 2.45. The summed E-state index contributed by atoms with van der Waals surface area (Å²) >= 11 is 0. The summed E-state index contributed by atoms with van der Waals surface area (Å²) < 4.78 is 5.25. The zero-order valence-electron chi connectivity index (χ0n) is 12.1. The van der Waals surface area contributed by atoms with E-state index in [-0.39, 0.29) is 5.92 Å². The number of anilines is 1. The van der Waals surface area contributed by atoms with Crippen molar-refractivity contribution in [2.24, 2.45) is 5.92 Å². The molecule has 1 saturated heterocycles. The summed E-state index contributed by atoms with van der Waals surface area (Å²) in [6.07, 6.45) is 1.81. The van der Waals surface area contributed by atoms with Crippen LogP contribution in [0.15, 0.2) is 30.5 Å². The third kappa shape index (κ3) is 2.00. The van der Waals surface area contributed by atoms with E-state index in [1.807, 2.05) is 30.5 Å². The van der Waals surface area contributed by atoms with Crippen molar-refractivity contribution in [3.8, 4) is 5.75 Å². The van der Waals surface area contributed by atoms with Crippen molar-refractivity contribution in [2.45, 2.75) is 19.4 Å². The van der Waals surface area contributed by atoms with Crippen molar-refractivity contribution in [1.82, 2.24) is 4.98 Å². The first-order valence-electron chi connectivity index (χ1n) is 6.93. The molecular weight excluding hydrogens is 252 g/mol. The molecule has 4 heteroatoms. The fraction of sp³-hybridized carbons (Fsp3) is 0.438. The van der Waals surface area contributed by atoms with Crippen LogP contribution in [-0.4, -0.2) is 35.9 Å². The molecule has 3 rings (SSSR count). The summed E-state index contributed by atoms with van der Waals surface area (Å²) in [4.78, 5) is 6.62. The lowest BCUT2D eigenvalue weighted by Crippen LogP contribution is -2.65. The third-order valence-electron chi connectivity index (χ3n) is 4.25. The molecular formula is C16H20N2O2. The second-order valence-electron chi connectivity index (χ2n) is 5.84. The topological polar surface area (TPSA) is 45.6 Å². The predicted molar refractivity (Wildman–Crippen MR) is 80.3 cm³/mol. The van der Waals surface area contributed by atoms with E-state index >= 15 is 0 Å². The van der Waals surface area contributed by atoms with Crippen LogP contribution in [0.1, 0.15) is 13.8 Å². The van der Waals surface area contributed by atoms with Gasteiger partial charge in [-0.1, -0.05) is 13.8 Å². The first kappa shape index (κ1) is 13.2. The first-order chi connectivity index (χ1) is 9.53. The number of nitrogens with zero attached hydrogens (tertiary/aromatic N) is 2. The van der Waals surface area contributed by atoms with E-state index in [2.05, 4.69) is 23.7 Å². The molecule has 1 aromatic heterocycles. The number of β-amino-alcohol motifs (C(OH)–C–C–N with tert-alkyl or cyclic N) is 1. The number of aromatic nitrogens is 1. The maximum atomic E-state index is 10.4. The van der Waals surface area contributed by atoms with E-state index in [1.54, 1.807) is 7.11 Å². The van der Waals surface area contributed by atoms with Crippen LogP contribution in [0.2, 0.25) is 0 Å². The van der Waals surface area contributed by atoms with Crippen LogP contribution in [0.25, 0.3) is 10.8 Å². The highest BCUT2D eigenvalue weighted by atomic mass is 16.5. The highest BCUT2D eigenvalue weighted by Crippen LogP contribution is 2.35. The molecule has 0 spiro atoms. The number of rotatable bonds is 3. The second kappa shape index (κ2) is 4.63. The van der Waals surface area contributed by atoms with Crippen molar-refractivity contribution >= 4 is 16.6 Å². The minimum Gasteiger partial charge on any atom is -0.497 e. The number of aliphatic hydroxyl groups is 1. The summed E-state index contributed by atoms with van der Waals surface area (Å²) in [5.74, 6) is 2.04. The number of hydrogen-bond donors (Lipinski definition) is 1. The quantitative estimate of drug-likeness (QED) is 0.932. The van der Waals surface area contributed by atoms with Gasteiger partial charge in [-0.3, -0.25) is 0 Å². The Bertz CT molecular complexity index is 633. The maximum Gasteiger partial charge on any atom is 0.136 e. The molecule has 2 aromatic rings. The molecule has 0 radical (unpaired) electrons. The number of hydrogen-bond acceptors (Lipinski definition) is 4. The van der Waals surface area contributed by atoms with E-state index < -0.39 is 5.60 Å². The Hall–Kier alpha value is -1.81. The molecule has 0 aliphatic carbocycles. The molecule has 0 unspecified atom stereocenters. The molecule has 1 aliphatic rings. The number of ether oxygens (including phenoxy) is 1. The molecule has 0 amide bonds. The number of benzene rings is 1. The fourth-order valence-electron chi connectivity index (χ4n) is 2.65. The normalized spacial score (nSPS) is 17.4. The van der Waals surface area contributed by atoms with Gasteiger partial charge in [-0.2, -0.15) is 0 Å². The Labute approximate surface area is 119 Å². The molecule has 2 heterocycles. The number of fused-ring (bicyclic) bond motifs is 1. The van der Waals surface area contributed by atoms with Gasteiger partial charge in [0.25, 0.3) is 0 Å². The maximum absolute atomic E-state index is 10.4. The lowest BCUT2D eigenvalue weighted by Gasteiger charge is -2.49. The molecule has 1 aromatic carbocycles. The summed E-state index contributed by atoms with van der Waals surface area (Å²) in [6.45, 7) is 5.39. The van der Waals surface area contributed by atoms with Crippen LogP contribution in [0.3, 0.4) is 0 Å². The van der Waals surface area contributed by atoms with Gasteiger partial charge in [0, 0.05) is 11.6 Å². The first-order valence-corrected chi connectivity index (χ1v) is 6.93. The largest absolute Gasteiger partial charge is 0.497 e. The molecule has 20 heavy (non-hydrogen) atoms. The number of pyridine rings is 1. The molecule has 1 fully saturated rings. The van der Waals surface area contributed by atoms with Crippen molar-refractivity contribution in [3.05, 3.63) is 30.5 Å². The Morgan fingerprint density at radius 1 is 1.30 bits per heavy atom. The average Bonchev–Trinajstić information content (AvgIpc) is 2.42. The highest BCUT2D eigenvalue weighted by molar-refractivity contribution is 5.93. The summed E-state index contributed by atoms with van der Waals surface area (Å²) in [7, 11) is 1.67. The van der Waals surface area contributed by atoms with Gasteiger partial charge in [0.2, 0.25) is 0 Å². The molecule has 0 bridgehead atoms. The molecule has 1 N–H and O–H groups in total. The summed E-state index contributed by atoms with van der Waals surface area (Å²) in [6, 6.07) is 7.97. The smallest absolute Gasteiger partial charge is 0.136 e. The van der Waals surface area contributed by atoms with E-state index in [4.69, 9.17) is 4.74 Å².